The third-order valence-corrected chi connectivity index (χ3v) is 9.56. The van der Waals surface area contributed by atoms with Gasteiger partial charge in [-0.2, -0.15) is 0 Å². The number of nitrogens with one attached hydrogen (secondary N) is 1. The monoisotopic (exact) mass is 435 g/mol. The Bertz CT molecular complexity index is 845. The molecule has 2 aromatic carbocycles. The van der Waals surface area contributed by atoms with E-state index in [1.807, 2.05) is 39.2 Å². The van der Waals surface area contributed by atoms with Crippen molar-refractivity contribution in [2.24, 2.45) is 0 Å². The predicted octanol–water partition coefficient (Wildman–Crippen LogP) is 4.68. The molecule has 0 aliphatic carbocycles. The summed E-state index contributed by atoms with van der Waals surface area (Å²) in [5.74, 6) is 0. The van der Waals surface area contributed by atoms with Crippen LogP contribution in [0.2, 0.25) is 0 Å². The van der Waals surface area contributed by atoms with Crippen molar-refractivity contribution < 1.29 is 9.53 Å². The molecule has 31 heavy (non-hydrogen) atoms. The average Bonchev–Trinajstić information content (AvgIpc) is 2.77. The summed E-state index contributed by atoms with van der Waals surface area (Å²) in [5, 5.41) is 6.88. The molecule has 1 heterocycles. The highest BCUT2D eigenvalue weighted by atomic mass is 31.2. The zero-order chi connectivity index (χ0) is 22.2. The van der Waals surface area contributed by atoms with E-state index < -0.39 is 12.9 Å². The number of alkyl carbamates (subject to hydrolysis) is 1. The number of carbonyl (C=O) groups is 1. The third kappa shape index (κ3) is 6.15. The second-order valence-electron chi connectivity index (χ2n) is 8.55. The number of ether oxygens (including phenoxy) is 1. The fraction of sp³-hybridized carbons (Fsp3) is 0.308. The largest absolute Gasteiger partial charge is 0.444 e. The Hall–Kier alpha value is -2.71. The van der Waals surface area contributed by atoms with E-state index in [9.17, 15) is 4.79 Å². The summed E-state index contributed by atoms with van der Waals surface area (Å²) < 4.78 is 5.34. The summed E-state index contributed by atoms with van der Waals surface area (Å²) in [6, 6.07) is 25.8. The predicted molar refractivity (Wildman–Crippen MR) is 131 cm³/mol. The zero-order valence-corrected chi connectivity index (χ0v) is 19.5. The van der Waals surface area contributed by atoms with Gasteiger partial charge in [0, 0.05) is 12.7 Å². The molecule has 1 amide bonds. The van der Waals surface area contributed by atoms with E-state index in [4.69, 9.17) is 4.74 Å². The van der Waals surface area contributed by atoms with Gasteiger partial charge in [0.05, 0.1) is 12.4 Å². The normalized spacial score (nSPS) is 11.7. The van der Waals surface area contributed by atoms with Crippen molar-refractivity contribution >= 4 is 29.3 Å². The van der Waals surface area contributed by atoms with Gasteiger partial charge in [-0.3, -0.25) is 4.98 Å². The van der Waals surface area contributed by atoms with Crippen LogP contribution in [0.3, 0.4) is 0 Å². The van der Waals surface area contributed by atoms with E-state index in [1.165, 1.54) is 15.9 Å². The van der Waals surface area contributed by atoms with E-state index in [0.29, 0.717) is 6.54 Å². The van der Waals surface area contributed by atoms with Crippen LogP contribution in [0.1, 0.15) is 33.6 Å². The van der Waals surface area contributed by atoms with E-state index >= 15 is 0 Å². The molecule has 3 rings (SSSR count). The Morgan fingerprint density at radius 2 is 1.45 bits per heavy atom. The van der Waals surface area contributed by atoms with Gasteiger partial charge in [0.25, 0.3) is 0 Å². The molecular weight excluding hydrogens is 403 g/mol. The summed E-state index contributed by atoms with van der Waals surface area (Å²) in [7, 11) is -1.86. The smallest absolute Gasteiger partial charge is 0.407 e. The summed E-state index contributed by atoms with van der Waals surface area (Å²) >= 11 is 0. The molecule has 162 valence electrons. The SMILES string of the molecule is CC(C)(C)OC(=O)NCCCC[P+](c1ccccc1)(c1ccccc1)c1cccnc1. The van der Waals surface area contributed by atoms with Crippen molar-refractivity contribution in [1.82, 2.24) is 10.3 Å². The van der Waals surface area contributed by atoms with Crippen molar-refractivity contribution in [2.75, 3.05) is 12.7 Å². The Balaban J connectivity index is 1.83. The van der Waals surface area contributed by atoms with Gasteiger partial charge in [-0.15, -0.1) is 0 Å². The van der Waals surface area contributed by atoms with E-state index in [0.717, 1.165) is 19.0 Å². The fourth-order valence-corrected chi connectivity index (χ4v) is 8.09. The quantitative estimate of drug-likeness (QED) is 0.413. The van der Waals surface area contributed by atoms with Gasteiger partial charge < -0.3 is 10.1 Å². The molecule has 0 bridgehead atoms. The van der Waals surface area contributed by atoms with Gasteiger partial charge in [0.2, 0.25) is 0 Å². The third-order valence-electron chi connectivity index (χ3n) is 5.07. The molecule has 0 unspecified atom stereocenters. The summed E-state index contributed by atoms with van der Waals surface area (Å²) in [6.07, 6.45) is 6.39. The molecule has 0 aliphatic rings. The van der Waals surface area contributed by atoms with Crippen LogP contribution in [-0.2, 0) is 4.74 Å². The van der Waals surface area contributed by atoms with Gasteiger partial charge in [-0.1, -0.05) is 36.4 Å². The van der Waals surface area contributed by atoms with Crippen molar-refractivity contribution in [2.45, 2.75) is 39.2 Å². The molecule has 5 heteroatoms. The molecule has 3 aromatic rings. The van der Waals surface area contributed by atoms with E-state index in [1.54, 1.807) is 0 Å². The minimum atomic E-state index is -1.86. The highest BCUT2D eigenvalue weighted by molar-refractivity contribution is 7.95. The van der Waals surface area contributed by atoms with Gasteiger partial charge in [0.15, 0.2) is 0 Å². The van der Waals surface area contributed by atoms with Crippen LogP contribution in [0.15, 0.2) is 85.2 Å². The second-order valence-corrected chi connectivity index (χ2v) is 12.2. The number of nitrogens with zero attached hydrogens (tertiary/aromatic N) is 1. The van der Waals surface area contributed by atoms with Crippen LogP contribution in [0, 0.1) is 0 Å². The number of pyridine rings is 1. The molecular formula is C26H32N2O2P+. The van der Waals surface area contributed by atoms with Gasteiger partial charge in [0.1, 0.15) is 28.8 Å². The van der Waals surface area contributed by atoms with Crippen LogP contribution in [-0.4, -0.2) is 29.4 Å². The lowest BCUT2D eigenvalue weighted by molar-refractivity contribution is 0.0527. The fourth-order valence-electron chi connectivity index (χ4n) is 3.76. The molecule has 0 saturated heterocycles. The first-order valence-electron chi connectivity index (χ1n) is 10.8. The molecule has 0 spiro atoms. The van der Waals surface area contributed by atoms with Crippen molar-refractivity contribution in [3.63, 3.8) is 0 Å². The molecule has 0 atom stereocenters. The van der Waals surface area contributed by atoms with Gasteiger partial charge >= 0.3 is 6.09 Å². The highest BCUT2D eigenvalue weighted by Crippen LogP contribution is 2.55. The first-order valence-corrected chi connectivity index (χ1v) is 12.8. The molecule has 0 fully saturated rings. The summed E-state index contributed by atoms with van der Waals surface area (Å²) in [5.41, 5.74) is -0.480. The second kappa shape index (κ2) is 10.5. The van der Waals surface area contributed by atoms with Crippen molar-refractivity contribution in [3.8, 4) is 0 Å². The van der Waals surface area contributed by atoms with Crippen molar-refractivity contribution in [3.05, 3.63) is 85.2 Å². The van der Waals surface area contributed by atoms with E-state index in [2.05, 4.69) is 77.0 Å². The maximum Gasteiger partial charge on any atom is 0.407 e. The summed E-state index contributed by atoms with van der Waals surface area (Å²) in [4.78, 5) is 16.4. The Morgan fingerprint density at radius 1 is 0.871 bits per heavy atom. The zero-order valence-electron chi connectivity index (χ0n) is 18.6. The Labute approximate surface area is 186 Å². The molecule has 4 nitrogen and oxygen atoms in total. The number of unbranched alkanes of at least 4 members (excludes halogenated alkanes) is 1. The minimum absolute atomic E-state index is 0.355. The topological polar surface area (TPSA) is 51.2 Å². The van der Waals surface area contributed by atoms with Crippen LogP contribution in [0.25, 0.3) is 0 Å². The van der Waals surface area contributed by atoms with Crippen LogP contribution in [0.4, 0.5) is 4.79 Å². The van der Waals surface area contributed by atoms with Crippen molar-refractivity contribution in [1.29, 1.82) is 0 Å². The molecule has 0 radical (unpaired) electrons. The maximum absolute atomic E-state index is 11.9. The number of aromatic nitrogens is 1. The minimum Gasteiger partial charge on any atom is -0.444 e. The first kappa shape index (κ1) is 23.0. The Kier molecular flexibility index (Phi) is 7.81. The number of hydrogen-bond donors (Lipinski definition) is 1. The van der Waals surface area contributed by atoms with E-state index in [-0.39, 0.29) is 6.09 Å². The first-order chi connectivity index (χ1) is 14.9. The molecule has 1 aromatic heterocycles. The van der Waals surface area contributed by atoms with Crippen LogP contribution >= 0.6 is 7.26 Å². The number of amides is 1. The Morgan fingerprint density at radius 3 is 1.97 bits per heavy atom. The van der Waals surface area contributed by atoms with Gasteiger partial charge in [-0.05, 0) is 70.0 Å². The van der Waals surface area contributed by atoms with Crippen LogP contribution in [0.5, 0.6) is 0 Å². The van der Waals surface area contributed by atoms with Gasteiger partial charge in [-0.25, -0.2) is 4.79 Å². The number of benzene rings is 2. The highest BCUT2D eigenvalue weighted by Gasteiger charge is 2.44. The van der Waals surface area contributed by atoms with Crippen LogP contribution < -0.4 is 21.2 Å². The standard InChI is InChI=1S/C26H31N2O2P/c1-26(2,3)30-25(29)28-19-10-11-20-31(22-13-6-4-7-14-22,23-15-8-5-9-16-23)24-17-12-18-27-21-24/h4-9,12-18,21H,10-11,19-20H2,1-3H3/p+1. The summed E-state index contributed by atoms with van der Waals surface area (Å²) in [6.45, 7) is 6.22. The number of carbonyl (C=O) groups excluding carboxylic acids is 1. The lowest BCUT2D eigenvalue weighted by Crippen LogP contribution is -2.34. The lowest BCUT2D eigenvalue weighted by atomic mass is 10.2. The average molecular weight is 436 g/mol. The molecule has 1 N–H and O–H groups in total. The lowest BCUT2D eigenvalue weighted by Gasteiger charge is -2.27. The molecule has 0 saturated carbocycles. The maximum atomic E-state index is 11.9. The molecule has 0 aliphatic heterocycles. The number of rotatable bonds is 8. The number of hydrogen-bond acceptors (Lipinski definition) is 3.